The van der Waals surface area contributed by atoms with Gasteiger partial charge in [0.1, 0.15) is 0 Å². The minimum Gasteiger partial charge on any atom is -0.308 e. The van der Waals surface area contributed by atoms with Crippen molar-refractivity contribution in [3.63, 3.8) is 0 Å². The van der Waals surface area contributed by atoms with Crippen molar-refractivity contribution in [2.24, 2.45) is 0 Å². The average Bonchev–Trinajstić information content (AvgIpc) is 3.84. The lowest BCUT2D eigenvalue weighted by Crippen LogP contribution is -1.94. The van der Waals surface area contributed by atoms with Gasteiger partial charge in [-0.1, -0.05) is 140 Å². The van der Waals surface area contributed by atoms with Gasteiger partial charge in [-0.05, 0) is 90.0 Å². The first-order chi connectivity index (χ1) is 24.8. The highest BCUT2D eigenvalue weighted by Crippen LogP contribution is 2.51. The summed E-state index contributed by atoms with van der Waals surface area (Å²) in [5, 5.41) is 13.3. The summed E-state index contributed by atoms with van der Waals surface area (Å²) in [5.74, 6) is 0. The largest absolute Gasteiger partial charge is 0.308 e. The van der Waals surface area contributed by atoms with Gasteiger partial charge in [-0.25, -0.2) is 0 Å². The van der Waals surface area contributed by atoms with E-state index in [1.807, 2.05) is 11.3 Å². The van der Waals surface area contributed by atoms with Crippen LogP contribution in [0, 0.1) is 0 Å². The highest BCUT2D eigenvalue weighted by molar-refractivity contribution is 7.27. The van der Waals surface area contributed by atoms with Gasteiger partial charge in [0.2, 0.25) is 0 Å². The number of benzene rings is 9. The molecular weight excluding hydrogens is 623 g/mol. The lowest BCUT2D eigenvalue weighted by molar-refractivity contribution is 1.19. The third-order valence-corrected chi connectivity index (χ3v) is 12.3. The summed E-state index contributed by atoms with van der Waals surface area (Å²) in [6, 6.07) is 60.9. The Morgan fingerprint density at radius 1 is 0.360 bits per heavy atom. The Labute approximate surface area is 291 Å². The molecule has 11 aromatic rings. The van der Waals surface area contributed by atoms with Crippen LogP contribution in [0.25, 0.3) is 113 Å². The number of fused-ring (bicyclic) bond motifs is 15. The molecular formula is C48H27NS. The van der Waals surface area contributed by atoms with E-state index >= 15 is 0 Å². The van der Waals surface area contributed by atoms with E-state index in [1.165, 1.54) is 113 Å². The van der Waals surface area contributed by atoms with Crippen LogP contribution < -0.4 is 0 Å². The summed E-state index contributed by atoms with van der Waals surface area (Å²) in [6.45, 7) is 0. The Morgan fingerprint density at radius 3 is 1.88 bits per heavy atom. The van der Waals surface area contributed by atoms with Crippen molar-refractivity contribution in [2.45, 2.75) is 0 Å². The second-order valence-corrected chi connectivity index (χ2v) is 14.6. The molecule has 2 heteroatoms. The molecule has 2 aromatic heterocycles. The summed E-state index contributed by atoms with van der Waals surface area (Å²) in [6.07, 6.45) is 0. The molecule has 0 fully saturated rings. The zero-order valence-corrected chi connectivity index (χ0v) is 27.8. The maximum atomic E-state index is 2.52. The van der Waals surface area contributed by atoms with Crippen molar-refractivity contribution in [2.75, 3.05) is 0 Å². The van der Waals surface area contributed by atoms with Gasteiger partial charge in [-0.15, -0.1) is 11.3 Å². The van der Waals surface area contributed by atoms with Crippen LogP contribution in [-0.2, 0) is 0 Å². The molecule has 0 bridgehead atoms. The molecule has 0 amide bonds. The van der Waals surface area contributed by atoms with E-state index in [0.717, 1.165) is 0 Å². The Hall–Kier alpha value is -6.22. The Bertz CT molecular complexity index is 3220. The van der Waals surface area contributed by atoms with Crippen LogP contribution in [0.15, 0.2) is 164 Å². The number of para-hydroxylation sites is 1. The molecule has 230 valence electrons. The molecule has 0 spiro atoms. The van der Waals surface area contributed by atoms with Crippen LogP contribution in [0.2, 0.25) is 0 Å². The first-order valence-corrected chi connectivity index (χ1v) is 18.1. The lowest BCUT2D eigenvalue weighted by atomic mass is 9.94. The van der Waals surface area contributed by atoms with Gasteiger partial charge < -0.3 is 4.57 Å². The number of rotatable bonds is 2. The highest BCUT2D eigenvalue weighted by Gasteiger charge is 2.24. The van der Waals surface area contributed by atoms with E-state index in [4.69, 9.17) is 0 Å². The zero-order chi connectivity index (χ0) is 32.5. The maximum absolute atomic E-state index is 2.52. The second kappa shape index (κ2) is 9.69. The van der Waals surface area contributed by atoms with Gasteiger partial charge in [-0.2, -0.15) is 0 Å². The van der Waals surface area contributed by atoms with Crippen molar-refractivity contribution < 1.29 is 0 Å². The molecule has 0 saturated heterocycles. The number of nitrogens with zero attached hydrogens (tertiary/aromatic N) is 1. The fourth-order valence-electron chi connectivity index (χ4n) is 9.06. The molecule has 0 N–H and O–H groups in total. The van der Waals surface area contributed by atoms with Crippen molar-refractivity contribution >= 4 is 85.6 Å². The van der Waals surface area contributed by atoms with Gasteiger partial charge >= 0.3 is 0 Å². The van der Waals surface area contributed by atoms with Gasteiger partial charge in [0.15, 0.2) is 0 Å². The van der Waals surface area contributed by atoms with E-state index in [1.54, 1.807) is 0 Å². The normalized spacial score (nSPS) is 12.4. The minimum atomic E-state index is 1.18. The van der Waals surface area contributed by atoms with Gasteiger partial charge in [0.25, 0.3) is 0 Å². The molecule has 50 heavy (non-hydrogen) atoms. The third kappa shape index (κ3) is 3.36. The topological polar surface area (TPSA) is 4.93 Å². The Kier molecular flexibility index (Phi) is 5.18. The van der Waals surface area contributed by atoms with E-state index in [-0.39, 0.29) is 0 Å². The summed E-state index contributed by atoms with van der Waals surface area (Å²) in [5.41, 5.74) is 11.6. The van der Waals surface area contributed by atoms with E-state index in [0.29, 0.717) is 0 Å². The molecule has 0 unspecified atom stereocenters. The Balaban J connectivity index is 1.15. The van der Waals surface area contributed by atoms with Crippen molar-refractivity contribution in [1.82, 2.24) is 4.57 Å². The molecule has 0 radical (unpaired) electrons. The molecule has 1 aliphatic carbocycles. The van der Waals surface area contributed by atoms with Gasteiger partial charge in [-0.3, -0.25) is 0 Å². The number of hydrogen-bond donors (Lipinski definition) is 0. The highest BCUT2D eigenvalue weighted by atomic mass is 32.1. The van der Waals surface area contributed by atoms with Gasteiger partial charge in [0.05, 0.1) is 15.7 Å². The monoisotopic (exact) mass is 649 g/mol. The molecule has 0 saturated carbocycles. The summed E-state index contributed by atoms with van der Waals surface area (Å²) < 4.78 is 5.19. The van der Waals surface area contributed by atoms with Crippen LogP contribution >= 0.6 is 11.3 Å². The second-order valence-electron chi connectivity index (χ2n) is 13.6. The lowest BCUT2D eigenvalue weighted by Gasteiger charge is -2.13. The summed E-state index contributed by atoms with van der Waals surface area (Å²) >= 11 is 1.92. The van der Waals surface area contributed by atoms with E-state index in [9.17, 15) is 0 Å². The van der Waals surface area contributed by atoms with E-state index < -0.39 is 0 Å². The molecule has 1 nitrogen and oxygen atoms in total. The SMILES string of the molecule is c1ccc2c(c1)-c1cccc3c(-c4ccc(-n5c6ccccc6c6c7ccc8ccccc8c7c7c8ccccc8sc7c65)cc4)ccc-2c13. The van der Waals surface area contributed by atoms with Crippen LogP contribution in [0.1, 0.15) is 0 Å². The first-order valence-electron chi connectivity index (χ1n) is 17.3. The quantitative estimate of drug-likeness (QED) is 0.164. The van der Waals surface area contributed by atoms with Crippen molar-refractivity contribution in [3.8, 4) is 39.1 Å². The fraction of sp³-hybridized carbons (Fsp3) is 0. The van der Waals surface area contributed by atoms with Crippen LogP contribution in [0.4, 0.5) is 0 Å². The van der Waals surface area contributed by atoms with Crippen LogP contribution in [0.3, 0.4) is 0 Å². The predicted octanol–water partition coefficient (Wildman–Crippen LogP) is 13.9. The maximum Gasteiger partial charge on any atom is 0.0726 e. The summed E-state index contributed by atoms with van der Waals surface area (Å²) in [7, 11) is 0. The summed E-state index contributed by atoms with van der Waals surface area (Å²) in [4.78, 5) is 0. The van der Waals surface area contributed by atoms with E-state index in [2.05, 4.69) is 168 Å². The number of hydrogen-bond acceptors (Lipinski definition) is 1. The van der Waals surface area contributed by atoms with Crippen molar-refractivity contribution in [1.29, 1.82) is 0 Å². The molecule has 9 aromatic carbocycles. The molecule has 2 heterocycles. The third-order valence-electron chi connectivity index (χ3n) is 11.1. The van der Waals surface area contributed by atoms with Crippen LogP contribution in [-0.4, -0.2) is 4.57 Å². The Morgan fingerprint density at radius 2 is 1.02 bits per heavy atom. The minimum absolute atomic E-state index is 1.18. The standard InChI is InChI=1S/C48H27NS/c1-2-11-32-28(10-1)22-25-40-44(32)46-39-15-6-8-19-42(39)50-48(46)47-45(40)38-14-5-7-18-41(38)49(47)30-23-20-29(21-24-30)31-26-27-37-34-13-4-3-12-33(34)36-17-9-16-35(31)43(36)37/h1-27H. The van der Waals surface area contributed by atoms with Gasteiger partial charge in [0, 0.05) is 31.9 Å². The average molecular weight is 650 g/mol. The fourth-order valence-corrected chi connectivity index (χ4v) is 10.3. The smallest absolute Gasteiger partial charge is 0.0726 e. The zero-order valence-electron chi connectivity index (χ0n) is 26.9. The molecule has 12 rings (SSSR count). The first kappa shape index (κ1) is 26.7. The van der Waals surface area contributed by atoms with Crippen LogP contribution in [0.5, 0.6) is 0 Å². The number of aromatic nitrogens is 1. The predicted molar refractivity (Wildman–Crippen MR) is 216 cm³/mol. The van der Waals surface area contributed by atoms with Crippen molar-refractivity contribution in [3.05, 3.63) is 164 Å². The number of thiophene rings is 1. The molecule has 0 atom stereocenters. The molecule has 1 aliphatic rings. The molecule has 0 aliphatic heterocycles.